The van der Waals surface area contributed by atoms with Crippen LogP contribution in [0.2, 0.25) is 0 Å². The second-order valence-electron chi connectivity index (χ2n) is 3.65. The average Bonchev–Trinajstić information content (AvgIpc) is 2.19. The first-order chi connectivity index (χ1) is 7.69. The maximum Gasteiger partial charge on any atom is 0.343 e. The number of ether oxygens (including phenoxy) is 2. The van der Waals surface area contributed by atoms with Gasteiger partial charge in [0.15, 0.2) is 5.60 Å². The maximum absolute atomic E-state index is 12.8. The number of carbonyl (C=O) groups excluding carboxylic acids is 1. The zero-order valence-corrected chi connectivity index (χ0v) is 9.03. The van der Waals surface area contributed by atoms with Crippen molar-refractivity contribution in [2.45, 2.75) is 18.9 Å². The van der Waals surface area contributed by atoms with E-state index in [1.165, 1.54) is 12.1 Å². The summed E-state index contributed by atoms with van der Waals surface area (Å²) in [4.78, 5) is 11.8. The summed E-state index contributed by atoms with van der Waals surface area (Å²) in [6.07, 6.45) is 0.581. The fraction of sp³-hybridized carbons (Fsp3) is 0.417. The summed E-state index contributed by atoms with van der Waals surface area (Å²) in [6.45, 7) is 2.58. The molecule has 1 aliphatic heterocycles. The van der Waals surface area contributed by atoms with Crippen molar-refractivity contribution in [3.63, 3.8) is 0 Å². The molecule has 1 fully saturated rings. The Morgan fingerprint density at radius 1 is 1.50 bits per heavy atom. The van der Waals surface area contributed by atoms with Crippen LogP contribution in [0.1, 0.15) is 18.9 Å². The lowest BCUT2D eigenvalue weighted by molar-refractivity contribution is -0.203. The summed E-state index contributed by atoms with van der Waals surface area (Å²) in [6, 6.07) is 5.76. The third-order valence-corrected chi connectivity index (χ3v) is 2.72. The van der Waals surface area contributed by atoms with Crippen LogP contribution >= 0.6 is 0 Å². The van der Waals surface area contributed by atoms with E-state index in [4.69, 9.17) is 9.47 Å². The van der Waals surface area contributed by atoms with E-state index in [0.717, 1.165) is 0 Å². The molecular formula is C12H13FO3. The first-order valence-corrected chi connectivity index (χ1v) is 5.26. The van der Waals surface area contributed by atoms with Gasteiger partial charge in [-0.1, -0.05) is 12.1 Å². The zero-order valence-electron chi connectivity index (χ0n) is 9.03. The van der Waals surface area contributed by atoms with Gasteiger partial charge in [-0.2, -0.15) is 0 Å². The van der Waals surface area contributed by atoms with E-state index < -0.39 is 11.6 Å². The number of carbonyl (C=O) groups is 1. The van der Waals surface area contributed by atoms with Crippen molar-refractivity contribution < 1.29 is 18.7 Å². The average molecular weight is 224 g/mol. The van der Waals surface area contributed by atoms with Crippen molar-refractivity contribution in [3.8, 4) is 0 Å². The van der Waals surface area contributed by atoms with Gasteiger partial charge in [0.2, 0.25) is 0 Å². The molecule has 16 heavy (non-hydrogen) atoms. The van der Waals surface area contributed by atoms with Crippen molar-refractivity contribution >= 4 is 5.97 Å². The molecule has 0 spiro atoms. The Balaban J connectivity index is 2.27. The number of hydrogen-bond acceptors (Lipinski definition) is 3. The van der Waals surface area contributed by atoms with E-state index in [0.29, 0.717) is 25.2 Å². The van der Waals surface area contributed by atoms with E-state index in [-0.39, 0.29) is 5.82 Å². The summed E-state index contributed by atoms with van der Waals surface area (Å²) in [5.41, 5.74) is -0.359. The molecule has 86 valence electrons. The predicted octanol–water partition coefficient (Wildman–Crippen LogP) is 2.00. The lowest BCUT2D eigenvalue weighted by atomic mass is 9.86. The summed E-state index contributed by atoms with van der Waals surface area (Å²) < 4.78 is 23.1. The second kappa shape index (κ2) is 4.22. The number of rotatable bonds is 3. The molecule has 1 aromatic rings. The van der Waals surface area contributed by atoms with Crippen LogP contribution in [0.3, 0.4) is 0 Å². The smallest absolute Gasteiger partial charge is 0.343 e. The lowest BCUT2D eigenvalue weighted by Crippen LogP contribution is -2.48. The molecular weight excluding hydrogens is 211 g/mol. The molecule has 0 radical (unpaired) electrons. The van der Waals surface area contributed by atoms with Crippen LogP contribution in [0.4, 0.5) is 4.39 Å². The molecule has 0 N–H and O–H groups in total. The fourth-order valence-corrected chi connectivity index (χ4v) is 1.78. The van der Waals surface area contributed by atoms with Crippen molar-refractivity contribution in [3.05, 3.63) is 35.6 Å². The van der Waals surface area contributed by atoms with Crippen LogP contribution < -0.4 is 0 Å². The SMILES string of the molecule is CCOC(=O)C1(c2ccc(F)cc2)CCO1. The minimum absolute atomic E-state index is 0.311. The minimum Gasteiger partial charge on any atom is -0.464 e. The number of esters is 1. The van der Waals surface area contributed by atoms with E-state index >= 15 is 0 Å². The molecule has 1 heterocycles. The molecule has 0 bridgehead atoms. The Morgan fingerprint density at radius 2 is 2.12 bits per heavy atom. The largest absolute Gasteiger partial charge is 0.464 e. The van der Waals surface area contributed by atoms with Crippen LogP contribution in [0, 0.1) is 5.82 Å². The Morgan fingerprint density at radius 3 is 2.56 bits per heavy atom. The standard InChI is InChI=1S/C12H13FO3/c1-2-15-11(14)12(7-8-16-12)9-3-5-10(13)6-4-9/h3-6H,2,7-8H2,1H3. The predicted molar refractivity (Wildman–Crippen MR) is 55.3 cm³/mol. The quantitative estimate of drug-likeness (QED) is 0.737. The number of halogens is 1. The molecule has 0 aliphatic carbocycles. The molecule has 1 atom stereocenters. The fourth-order valence-electron chi connectivity index (χ4n) is 1.78. The van der Waals surface area contributed by atoms with Gasteiger partial charge in [0.1, 0.15) is 5.82 Å². The van der Waals surface area contributed by atoms with Gasteiger partial charge in [0, 0.05) is 6.42 Å². The molecule has 1 saturated heterocycles. The van der Waals surface area contributed by atoms with Crippen LogP contribution in [-0.2, 0) is 19.9 Å². The van der Waals surface area contributed by atoms with E-state index in [1.54, 1.807) is 19.1 Å². The van der Waals surface area contributed by atoms with Crippen LogP contribution in [0.25, 0.3) is 0 Å². The highest BCUT2D eigenvalue weighted by molar-refractivity contribution is 5.82. The lowest BCUT2D eigenvalue weighted by Gasteiger charge is -2.39. The van der Waals surface area contributed by atoms with Crippen molar-refractivity contribution in [2.24, 2.45) is 0 Å². The third-order valence-electron chi connectivity index (χ3n) is 2.72. The summed E-state index contributed by atoms with van der Waals surface area (Å²) in [5, 5.41) is 0. The van der Waals surface area contributed by atoms with E-state index in [1.807, 2.05) is 0 Å². The monoisotopic (exact) mass is 224 g/mol. The van der Waals surface area contributed by atoms with E-state index in [9.17, 15) is 9.18 Å². The van der Waals surface area contributed by atoms with Crippen LogP contribution in [0.15, 0.2) is 24.3 Å². The first kappa shape index (κ1) is 11.1. The van der Waals surface area contributed by atoms with Gasteiger partial charge in [0.25, 0.3) is 0 Å². The van der Waals surface area contributed by atoms with E-state index in [2.05, 4.69) is 0 Å². The normalized spacial score (nSPS) is 23.6. The van der Waals surface area contributed by atoms with Gasteiger partial charge in [0.05, 0.1) is 13.2 Å². The topological polar surface area (TPSA) is 35.5 Å². The van der Waals surface area contributed by atoms with Gasteiger partial charge in [-0.25, -0.2) is 9.18 Å². The number of benzene rings is 1. The van der Waals surface area contributed by atoms with Gasteiger partial charge in [-0.3, -0.25) is 0 Å². The third kappa shape index (κ3) is 1.69. The molecule has 1 unspecified atom stereocenters. The Labute approximate surface area is 93.2 Å². The summed E-state index contributed by atoms with van der Waals surface area (Å²) >= 11 is 0. The molecule has 1 aromatic carbocycles. The molecule has 4 heteroatoms. The first-order valence-electron chi connectivity index (χ1n) is 5.26. The highest BCUT2D eigenvalue weighted by Crippen LogP contribution is 2.38. The van der Waals surface area contributed by atoms with Gasteiger partial charge < -0.3 is 9.47 Å². The van der Waals surface area contributed by atoms with Crippen molar-refractivity contribution in [1.82, 2.24) is 0 Å². The molecule has 3 nitrogen and oxygen atoms in total. The Bertz CT molecular complexity index is 382. The Kier molecular flexibility index (Phi) is 2.92. The van der Waals surface area contributed by atoms with Crippen LogP contribution in [0.5, 0.6) is 0 Å². The molecule has 0 amide bonds. The van der Waals surface area contributed by atoms with Gasteiger partial charge >= 0.3 is 5.97 Å². The van der Waals surface area contributed by atoms with Crippen LogP contribution in [-0.4, -0.2) is 19.2 Å². The molecule has 0 saturated carbocycles. The number of hydrogen-bond donors (Lipinski definition) is 0. The Hall–Kier alpha value is -1.42. The zero-order chi connectivity index (χ0) is 11.6. The van der Waals surface area contributed by atoms with Crippen molar-refractivity contribution in [1.29, 1.82) is 0 Å². The second-order valence-corrected chi connectivity index (χ2v) is 3.65. The van der Waals surface area contributed by atoms with Crippen molar-refractivity contribution in [2.75, 3.05) is 13.2 Å². The van der Waals surface area contributed by atoms with Gasteiger partial charge in [-0.05, 0) is 24.6 Å². The van der Waals surface area contributed by atoms with Gasteiger partial charge in [-0.15, -0.1) is 0 Å². The maximum atomic E-state index is 12.8. The molecule has 2 rings (SSSR count). The summed E-state index contributed by atoms with van der Waals surface area (Å²) in [7, 11) is 0. The highest BCUT2D eigenvalue weighted by atomic mass is 19.1. The molecule has 0 aromatic heterocycles. The summed E-state index contributed by atoms with van der Waals surface area (Å²) in [5.74, 6) is -0.727. The molecule has 1 aliphatic rings. The minimum atomic E-state index is -1.01. The highest BCUT2D eigenvalue weighted by Gasteiger charge is 2.48.